The third kappa shape index (κ3) is 2.28. The zero-order valence-electron chi connectivity index (χ0n) is 12.3. The Morgan fingerprint density at radius 2 is 2.00 bits per heavy atom. The molecular formula is C16H24N4. The van der Waals surface area contributed by atoms with Gasteiger partial charge in [-0.25, -0.2) is 0 Å². The maximum atomic E-state index is 6.23. The molecule has 20 heavy (non-hydrogen) atoms. The van der Waals surface area contributed by atoms with Gasteiger partial charge in [0.15, 0.2) is 5.96 Å². The Kier molecular flexibility index (Phi) is 3.64. The van der Waals surface area contributed by atoms with Crippen molar-refractivity contribution in [3.63, 3.8) is 0 Å². The first-order chi connectivity index (χ1) is 9.72. The molecule has 0 bridgehead atoms. The summed E-state index contributed by atoms with van der Waals surface area (Å²) in [4.78, 5) is 11.2. The number of nitrogens with zero attached hydrogens (tertiary/aromatic N) is 3. The van der Waals surface area contributed by atoms with E-state index in [0.717, 1.165) is 6.54 Å². The summed E-state index contributed by atoms with van der Waals surface area (Å²) in [6, 6.07) is 4.67. The van der Waals surface area contributed by atoms with Gasteiger partial charge in [0, 0.05) is 18.4 Å². The second-order valence-corrected chi connectivity index (χ2v) is 6.21. The summed E-state index contributed by atoms with van der Waals surface area (Å²) in [5.41, 5.74) is 7.31. The Morgan fingerprint density at radius 3 is 2.65 bits per heavy atom. The molecule has 2 aliphatic rings. The van der Waals surface area contributed by atoms with E-state index in [1.54, 1.807) is 0 Å². The molecule has 0 spiro atoms. The summed E-state index contributed by atoms with van der Waals surface area (Å²) in [7, 11) is 0. The van der Waals surface area contributed by atoms with Gasteiger partial charge in [0.25, 0.3) is 0 Å². The molecule has 1 saturated carbocycles. The first-order valence-corrected chi connectivity index (χ1v) is 7.71. The Bertz CT molecular complexity index is 477. The van der Waals surface area contributed by atoms with Gasteiger partial charge in [-0.05, 0) is 31.4 Å². The minimum atomic E-state index is -0.132. The number of hydrogen-bond donors (Lipinski definition) is 1. The van der Waals surface area contributed by atoms with Gasteiger partial charge in [-0.2, -0.15) is 0 Å². The van der Waals surface area contributed by atoms with Crippen LogP contribution in [0.2, 0.25) is 0 Å². The highest BCUT2D eigenvalue weighted by atomic mass is 15.4. The quantitative estimate of drug-likeness (QED) is 0.842. The third-order valence-corrected chi connectivity index (χ3v) is 4.80. The van der Waals surface area contributed by atoms with Crippen LogP contribution in [0.3, 0.4) is 0 Å². The van der Waals surface area contributed by atoms with Crippen LogP contribution in [0.25, 0.3) is 0 Å². The lowest BCUT2D eigenvalue weighted by Crippen LogP contribution is -2.52. The van der Waals surface area contributed by atoms with E-state index in [-0.39, 0.29) is 5.54 Å². The van der Waals surface area contributed by atoms with Crippen LogP contribution in [-0.2, 0) is 5.54 Å². The van der Waals surface area contributed by atoms with Crippen LogP contribution in [0, 0.1) is 0 Å². The van der Waals surface area contributed by atoms with Crippen LogP contribution in [0.15, 0.2) is 29.5 Å². The standard InChI is InChI=1S/C16H24N4/c1-16(13-7-6-10-18-11-13)12-19-15(17)20(16)14-8-4-2-3-5-9-14/h6-7,10-11,14H,2-5,8-9,12H2,1H3,(H2,17,19). The first kappa shape index (κ1) is 13.4. The molecule has 1 unspecified atom stereocenters. The highest BCUT2D eigenvalue weighted by Gasteiger charge is 2.43. The van der Waals surface area contributed by atoms with E-state index in [1.165, 1.54) is 44.1 Å². The average Bonchev–Trinajstić information content (AvgIpc) is 2.68. The first-order valence-electron chi connectivity index (χ1n) is 7.71. The second kappa shape index (κ2) is 5.43. The van der Waals surface area contributed by atoms with Crippen LogP contribution >= 0.6 is 0 Å². The molecule has 0 saturated heterocycles. The minimum Gasteiger partial charge on any atom is -0.370 e. The third-order valence-electron chi connectivity index (χ3n) is 4.80. The van der Waals surface area contributed by atoms with Crippen LogP contribution in [0.1, 0.15) is 51.0 Å². The van der Waals surface area contributed by atoms with Crippen molar-refractivity contribution < 1.29 is 0 Å². The number of aliphatic imine (C=N–C) groups is 1. The molecule has 4 nitrogen and oxygen atoms in total. The van der Waals surface area contributed by atoms with E-state index in [9.17, 15) is 0 Å². The molecule has 1 aliphatic carbocycles. The molecule has 0 aromatic carbocycles. The molecule has 0 radical (unpaired) electrons. The van der Waals surface area contributed by atoms with Crippen molar-refractivity contribution in [2.75, 3.05) is 6.54 Å². The van der Waals surface area contributed by atoms with Gasteiger partial charge in [-0.1, -0.05) is 31.7 Å². The fourth-order valence-electron chi connectivity index (χ4n) is 3.66. The average molecular weight is 272 g/mol. The van der Waals surface area contributed by atoms with Gasteiger partial charge in [0.2, 0.25) is 0 Å². The molecule has 0 amide bonds. The van der Waals surface area contributed by atoms with E-state index < -0.39 is 0 Å². The SMILES string of the molecule is CC1(c2cccnc2)CN=C(N)N1C1CCCCCC1. The van der Waals surface area contributed by atoms with Crippen molar-refractivity contribution in [1.29, 1.82) is 0 Å². The number of hydrogen-bond acceptors (Lipinski definition) is 4. The fourth-order valence-corrected chi connectivity index (χ4v) is 3.66. The molecule has 1 fully saturated rings. The zero-order valence-corrected chi connectivity index (χ0v) is 12.3. The van der Waals surface area contributed by atoms with Gasteiger partial charge in [0.05, 0.1) is 12.1 Å². The monoisotopic (exact) mass is 272 g/mol. The predicted molar refractivity (Wildman–Crippen MR) is 81.4 cm³/mol. The Hall–Kier alpha value is -1.58. The molecule has 1 atom stereocenters. The highest BCUT2D eigenvalue weighted by Crippen LogP contribution is 2.37. The van der Waals surface area contributed by atoms with Crippen molar-refractivity contribution in [1.82, 2.24) is 9.88 Å². The van der Waals surface area contributed by atoms with Gasteiger partial charge >= 0.3 is 0 Å². The number of nitrogens with two attached hydrogens (primary N) is 1. The molecule has 1 aromatic heterocycles. The summed E-state index contributed by atoms with van der Waals surface area (Å²) in [5, 5.41) is 0. The smallest absolute Gasteiger partial charge is 0.192 e. The number of pyridine rings is 1. The lowest BCUT2D eigenvalue weighted by atomic mass is 9.89. The topological polar surface area (TPSA) is 54.5 Å². The molecule has 1 aromatic rings. The number of rotatable bonds is 2. The second-order valence-electron chi connectivity index (χ2n) is 6.21. The minimum absolute atomic E-state index is 0.132. The van der Waals surface area contributed by atoms with E-state index in [2.05, 4.69) is 27.9 Å². The lowest BCUT2D eigenvalue weighted by Gasteiger charge is -2.42. The molecule has 108 valence electrons. The normalized spacial score (nSPS) is 28.2. The molecular weight excluding hydrogens is 248 g/mol. The summed E-state index contributed by atoms with van der Waals surface area (Å²) in [6.45, 7) is 2.99. The van der Waals surface area contributed by atoms with E-state index >= 15 is 0 Å². The van der Waals surface area contributed by atoms with Crippen molar-refractivity contribution in [3.8, 4) is 0 Å². The summed E-state index contributed by atoms with van der Waals surface area (Å²) < 4.78 is 0. The maximum Gasteiger partial charge on any atom is 0.192 e. The van der Waals surface area contributed by atoms with Crippen LogP contribution in [0.5, 0.6) is 0 Å². The Labute approximate surface area is 121 Å². The highest BCUT2D eigenvalue weighted by molar-refractivity contribution is 5.81. The lowest BCUT2D eigenvalue weighted by molar-refractivity contribution is 0.151. The maximum absolute atomic E-state index is 6.23. The largest absolute Gasteiger partial charge is 0.370 e. The van der Waals surface area contributed by atoms with E-state index in [0.29, 0.717) is 12.0 Å². The van der Waals surface area contributed by atoms with Crippen LogP contribution in [0.4, 0.5) is 0 Å². The van der Waals surface area contributed by atoms with Gasteiger partial charge in [0.1, 0.15) is 0 Å². The summed E-state index contributed by atoms with van der Waals surface area (Å²) in [6.07, 6.45) is 11.5. The summed E-state index contributed by atoms with van der Waals surface area (Å²) in [5.74, 6) is 0.711. The number of aromatic nitrogens is 1. The number of guanidine groups is 1. The van der Waals surface area contributed by atoms with Crippen LogP contribution in [-0.4, -0.2) is 28.4 Å². The van der Waals surface area contributed by atoms with E-state index in [1.807, 2.05) is 18.5 Å². The Morgan fingerprint density at radius 1 is 1.25 bits per heavy atom. The molecule has 2 N–H and O–H groups in total. The molecule has 2 heterocycles. The van der Waals surface area contributed by atoms with Gasteiger partial charge in [-0.3, -0.25) is 9.98 Å². The summed E-state index contributed by atoms with van der Waals surface area (Å²) >= 11 is 0. The van der Waals surface area contributed by atoms with Gasteiger partial charge in [-0.15, -0.1) is 0 Å². The van der Waals surface area contributed by atoms with E-state index in [4.69, 9.17) is 5.73 Å². The zero-order chi connectivity index (χ0) is 14.0. The van der Waals surface area contributed by atoms with Crippen LogP contribution < -0.4 is 5.73 Å². The van der Waals surface area contributed by atoms with Crippen molar-refractivity contribution in [2.45, 2.75) is 57.0 Å². The van der Waals surface area contributed by atoms with Crippen molar-refractivity contribution in [3.05, 3.63) is 30.1 Å². The molecule has 3 rings (SSSR count). The fraction of sp³-hybridized carbons (Fsp3) is 0.625. The molecule has 4 heteroatoms. The van der Waals surface area contributed by atoms with Gasteiger partial charge < -0.3 is 10.6 Å². The Balaban J connectivity index is 1.91. The van der Waals surface area contributed by atoms with Crippen molar-refractivity contribution in [2.24, 2.45) is 10.7 Å². The predicted octanol–water partition coefficient (Wildman–Crippen LogP) is 2.65. The molecule has 1 aliphatic heterocycles. The van der Waals surface area contributed by atoms with Crippen molar-refractivity contribution >= 4 is 5.96 Å².